The predicted octanol–water partition coefficient (Wildman–Crippen LogP) is 1.06. The Labute approximate surface area is 107 Å². The van der Waals surface area contributed by atoms with Crippen molar-refractivity contribution in [2.45, 2.75) is 6.92 Å². The van der Waals surface area contributed by atoms with Gasteiger partial charge in [0.15, 0.2) is 0 Å². The van der Waals surface area contributed by atoms with Gasteiger partial charge in [-0.15, -0.1) is 0 Å². The topological polar surface area (TPSA) is 67.8 Å². The second-order valence-electron chi connectivity index (χ2n) is 4.10. The molecule has 2 N–H and O–H groups in total. The number of amides is 1. The molecule has 0 fully saturated rings. The SMILES string of the molecule is COc1cc(OC)cc(C(=O)NCC(C)CO)c1. The van der Waals surface area contributed by atoms with Crippen molar-refractivity contribution < 1.29 is 19.4 Å². The summed E-state index contributed by atoms with van der Waals surface area (Å²) < 4.78 is 10.2. The van der Waals surface area contributed by atoms with E-state index >= 15 is 0 Å². The molecule has 1 amide bonds. The van der Waals surface area contributed by atoms with Crippen LogP contribution in [0, 0.1) is 5.92 Å². The Bertz CT molecular complexity index is 384. The lowest BCUT2D eigenvalue weighted by Gasteiger charge is -2.11. The fraction of sp³-hybridized carbons (Fsp3) is 0.462. The molecule has 100 valence electrons. The van der Waals surface area contributed by atoms with E-state index in [4.69, 9.17) is 14.6 Å². The number of ether oxygens (including phenoxy) is 2. The first-order valence-electron chi connectivity index (χ1n) is 5.72. The smallest absolute Gasteiger partial charge is 0.251 e. The number of carbonyl (C=O) groups is 1. The summed E-state index contributed by atoms with van der Waals surface area (Å²) in [5.74, 6) is 0.943. The molecule has 1 atom stereocenters. The van der Waals surface area contributed by atoms with Gasteiger partial charge in [0.05, 0.1) is 14.2 Å². The Kier molecular flexibility index (Phi) is 5.45. The van der Waals surface area contributed by atoms with Crippen LogP contribution in [-0.2, 0) is 0 Å². The predicted molar refractivity (Wildman–Crippen MR) is 68.1 cm³/mol. The van der Waals surface area contributed by atoms with E-state index in [0.717, 1.165) is 0 Å². The Hall–Kier alpha value is -1.75. The van der Waals surface area contributed by atoms with E-state index in [1.807, 2.05) is 6.92 Å². The molecule has 5 nitrogen and oxygen atoms in total. The number of aliphatic hydroxyl groups is 1. The second-order valence-corrected chi connectivity index (χ2v) is 4.10. The highest BCUT2D eigenvalue weighted by Crippen LogP contribution is 2.22. The molecule has 0 spiro atoms. The maximum Gasteiger partial charge on any atom is 0.251 e. The van der Waals surface area contributed by atoms with Gasteiger partial charge < -0.3 is 19.9 Å². The van der Waals surface area contributed by atoms with Gasteiger partial charge in [-0.3, -0.25) is 4.79 Å². The zero-order valence-corrected chi connectivity index (χ0v) is 10.9. The van der Waals surface area contributed by atoms with Crippen molar-refractivity contribution in [3.63, 3.8) is 0 Å². The van der Waals surface area contributed by atoms with Gasteiger partial charge in [-0.25, -0.2) is 0 Å². The fourth-order valence-electron chi connectivity index (χ4n) is 1.37. The zero-order valence-electron chi connectivity index (χ0n) is 10.9. The van der Waals surface area contributed by atoms with Gasteiger partial charge in [-0.1, -0.05) is 6.92 Å². The lowest BCUT2D eigenvalue weighted by atomic mass is 10.1. The van der Waals surface area contributed by atoms with Crippen LogP contribution >= 0.6 is 0 Å². The van der Waals surface area contributed by atoms with E-state index in [1.165, 1.54) is 14.2 Å². The van der Waals surface area contributed by atoms with Crippen molar-refractivity contribution in [3.05, 3.63) is 23.8 Å². The van der Waals surface area contributed by atoms with Crippen LogP contribution in [0.5, 0.6) is 11.5 Å². The minimum atomic E-state index is -0.215. The van der Waals surface area contributed by atoms with Crippen LogP contribution in [0.2, 0.25) is 0 Å². The van der Waals surface area contributed by atoms with Crippen molar-refractivity contribution in [2.24, 2.45) is 5.92 Å². The van der Waals surface area contributed by atoms with Gasteiger partial charge in [-0.05, 0) is 18.1 Å². The van der Waals surface area contributed by atoms with Gasteiger partial charge in [-0.2, -0.15) is 0 Å². The Balaban J connectivity index is 2.78. The summed E-state index contributed by atoms with van der Waals surface area (Å²) in [6, 6.07) is 4.98. The number of methoxy groups -OCH3 is 2. The van der Waals surface area contributed by atoms with Crippen LogP contribution in [0.25, 0.3) is 0 Å². The van der Waals surface area contributed by atoms with Crippen LogP contribution in [0.3, 0.4) is 0 Å². The maximum atomic E-state index is 11.9. The summed E-state index contributed by atoms with van der Waals surface area (Å²) >= 11 is 0. The monoisotopic (exact) mass is 253 g/mol. The number of aliphatic hydroxyl groups excluding tert-OH is 1. The number of rotatable bonds is 6. The molecule has 0 heterocycles. The number of carbonyl (C=O) groups excluding carboxylic acids is 1. The molecule has 1 rings (SSSR count). The van der Waals surface area contributed by atoms with Crippen molar-refractivity contribution in [2.75, 3.05) is 27.4 Å². The average Bonchev–Trinajstić information content (AvgIpc) is 2.43. The number of hydrogen-bond acceptors (Lipinski definition) is 4. The molecule has 0 bridgehead atoms. The highest BCUT2D eigenvalue weighted by molar-refractivity contribution is 5.95. The molecule has 0 aliphatic heterocycles. The van der Waals surface area contributed by atoms with Gasteiger partial charge in [0, 0.05) is 24.8 Å². The van der Waals surface area contributed by atoms with Crippen LogP contribution < -0.4 is 14.8 Å². The lowest BCUT2D eigenvalue weighted by Crippen LogP contribution is -2.29. The Morgan fingerprint density at radius 1 is 1.28 bits per heavy atom. The molecule has 1 unspecified atom stereocenters. The van der Waals surface area contributed by atoms with E-state index in [9.17, 15) is 4.79 Å². The first kappa shape index (κ1) is 14.3. The molecule has 18 heavy (non-hydrogen) atoms. The minimum Gasteiger partial charge on any atom is -0.497 e. The van der Waals surface area contributed by atoms with Crippen LogP contribution in [0.1, 0.15) is 17.3 Å². The van der Waals surface area contributed by atoms with E-state index in [0.29, 0.717) is 23.6 Å². The molecule has 0 saturated heterocycles. The normalized spacial score (nSPS) is 11.8. The third-order valence-electron chi connectivity index (χ3n) is 2.54. The molecular weight excluding hydrogens is 234 g/mol. The molecule has 5 heteroatoms. The van der Waals surface area contributed by atoms with E-state index in [2.05, 4.69) is 5.32 Å². The Morgan fingerprint density at radius 2 is 1.83 bits per heavy atom. The molecule has 0 aliphatic rings. The van der Waals surface area contributed by atoms with Crippen molar-refractivity contribution in [3.8, 4) is 11.5 Å². The van der Waals surface area contributed by atoms with E-state index < -0.39 is 0 Å². The number of hydrogen-bond donors (Lipinski definition) is 2. The lowest BCUT2D eigenvalue weighted by molar-refractivity contribution is 0.0941. The van der Waals surface area contributed by atoms with E-state index in [-0.39, 0.29) is 18.4 Å². The van der Waals surface area contributed by atoms with Crippen LogP contribution in [0.4, 0.5) is 0 Å². The Morgan fingerprint density at radius 3 is 2.28 bits per heavy atom. The first-order chi connectivity index (χ1) is 8.60. The fourth-order valence-corrected chi connectivity index (χ4v) is 1.37. The molecular formula is C13H19NO4. The van der Waals surface area contributed by atoms with E-state index in [1.54, 1.807) is 18.2 Å². The molecule has 0 aliphatic carbocycles. The standard InChI is InChI=1S/C13H19NO4/c1-9(8-15)7-14-13(16)10-4-11(17-2)6-12(5-10)18-3/h4-6,9,15H,7-8H2,1-3H3,(H,14,16). The second kappa shape index (κ2) is 6.86. The number of nitrogens with one attached hydrogen (secondary N) is 1. The van der Waals surface area contributed by atoms with Gasteiger partial charge >= 0.3 is 0 Å². The maximum absolute atomic E-state index is 11.9. The summed E-state index contributed by atoms with van der Waals surface area (Å²) in [5.41, 5.74) is 0.469. The summed E-state index contributed by atoms with van der Waals surface area (Å²) in [6.07, 6.45) is 0. The van der Waals surface area contributed by atoms with Gasteiger partial charge in [0.25, 0.3) is 5.91 Å². The largest absolute Gasteiger partial charge is 0.497 e. The number of benzene rings is 1. The molecule has 1 aromatic carbocycles. The first-order valence-corrected chi connectivity index (χ1v) is 5.72. The van der Waals surface area contributed by atoms with Gasteiger partial charge in [0.2, 0.25) is 0 Å². The summed E-state index contributed by atoms with van der Waals surface area (Å²) in [6.45, 7) is 2.32. The molecule has 0 saturated carbocycles. The molecule has 0 radical (unpaired) electrons. The molecule has 0 aromatic heterocycles. The van der Waals surface area contributed by atoms with Crippen molar-refractivity contribution in [1.82, 2.24) is 5.32 Å². The highest BCUT2D eigenvalue weighted by Gasteiger charge is 2.10. The summed E-state index contributed by atoms with van der Waals surface area (Å²) in [4.78, 5) is 11.9. The van der Waals surface area contributed by atoms with Crippen LogP contribution in [-0.4, -0.2) is 38.4 Å². The highest BCUT2D eigenvalue weighted by atomic mass is 16.5. The summed E-state index contributed by atoms with van der Waals surface area (Å²) in [7, 11) is 3.06. The van der Waals surface area contributed by atoms with Gasteiger partial charge in [0.1, 0.15) is 11.5 Å². The third-order valence-corrected chi connectivity index (χ3v) is 2.54. The third kappa shape index (κ3) is 3.92. The zero-order chi connectivity index (χ0) is 13.5. The quantitative estimate of drug-likeness (QED) is 0.795. The average molecular weight is 253 g/mol. The minimum absolute atomic E-state index is 0.0291. The van der Waals surface area contributed by atoms with Crippen molar-refractivity contribution >= 4 is 5.91 Å². The summed E-state index contributed by atoms with van der Waals surface area (Å²) in [5, 5.41) is 11.6. The van der Waals surface area contributed by atoms with Crippen molar-refractivity contribution in [1.29, 1.82) is 0 Å². The van der Waals surface area contributed by atoms with Crippen LogP contribution in [0.15, 0.2) is 18.2 Å². The molecule has 1 aromatic rings.